The van der Waals surface area contributed by atoms with E-state index in [2.05, 4.69) is 178 Å². The van der Waals surface area contributed by atoms with E-state index in [0.29, 0.717) is 0 Å². The van der Waals surface area contributed by atoms with Gasteiger partial charge in [0, 0.05) is 0 Å². The average Bonchev–Trinajstić information content (AvgIpc) is 3.06. The van der Waals surface area contributed by atoms with Gasteiger partial charge in [-0.15, -0.1) is 0 Å². The van der Waals surface area contributed by atoms with Gasteiger partial charge in [0.1, 0.15) is 0 Å². The van der Waals surface area contributed by atoms with Gasteiger partial charge < -0.3 is 37.2 Å². The zero-order valence-electron chi connectivity index (χ0n) is 25.9. The zero-order valence-corrected chi connectivity index (χ0v) is 30.7. The summed E-state index contributed by atoms with van der Waals surface area (Å²) in [6.07, 6.45) is 0. The fraction of sp³-hybridized carbons (Fsp3) is 0.333. The Morgan fingerprint density at radius 2 is 0.683 bits per heavy atom. The molecule has 0 saturated heterocycles. The first-order chi connectivity index (χ1) is 17.9. The Labute approximate surface area is 279 Å². The molecule has 0 fully saturated rings. The van der Waals surface area contributed by atoms with Crippen molar-refractivity contribution >= 4 is 40.7 Å². The molecule has 3 nitrogen and oxygen atoms in total. The molecular weight excluding hydrogens is 621 g/mol. The summed E-state index contributed by atoms with van der Waals surface area (Å²) >= 11 is 2.53. The molecule has 1 aliphatic rings. The van der Waals surface area contributed by atoms with E-state index in [1.807, 2.05) is 0 Å². The number of allylic oxidation sites excluding steroid dienone is 4. The van der Waals surface area contributed by atoms with E-state index < -0.39 is 8.07 Å². The van der Waals surface area contributed by atoms with Gasteiger partial charge in [0.05, 0.1) is 0 Å². The van der Waals surface area contributed by atoms with E-state index in [1.54, 1.807) is 0 Å². The summed E-state index contributed by atoms with van der Waals surface area (Å²) in [7, 11) is 10.0. The first kappa shape index (κ1) is 37.4. The minimum atomic E-state index is -2.67. The van der Waals surface area contributed by atoms with E-state index in [4.69, 9.17) is 0 Å². The Bertz CT molecular complexity index is 1230. The van der Waals surface area contributed by atoms with E-state index in [0.717, 1.165) is 0 Å². The molecule has 0 spiro atoms. The second kappa shape index (κ2) is 14.2. The summed E-state index contributed by atoms with van der Waals surface area (Å²) < 4.78 is -0.111. The minimum Gasteiger partial charge on any atom is -1.00 e. The second-order valence-electron chi connectivity index (χ2n) is 11.3. The Hall–Kier alpha value is -1.66. The Kier molecular flexibility index (Phi) is 12.9. The maximum atomic E-state index is 2.53. The van der Waals surface area contributed by atoms with E-state index >= 15 is 0 Å². The molecule has 4 rings (SSSR count). The predicted octanol–water partition coefficient (Wildman–Crippen LogP) is -3.70. The molecule has 41 heavy (non-hydrogen) atoms. The topological polar surface area (TPSA) is 9.72 Å². The number of rotatable bonds is 7. The van der Waals surface area contributed by atoms with Gasteiger partial charge in [0.25, 0.3) is 0 Å². The summed E-state index contributed by atoms with van der Waals surface area (Å²) in [5.41, 5.74) is 9.58. The average molecular weight is 663 g/mol. The largest absolute Gasteiger partial charge is 1.00 e. The summed E-state index contributed by atoms with van der Waals surface area (Å²) in [5.74, 6) is 0. The predicted molar refractivity (Wildman–Crippen MR) is 166 cm³/mol. The SMILES string of the molecule is CC1=C(C)[C]([Ti+3])([Si](c2ccc(N(C)C)cc2)(c2ccc(N(C)C)cc2)c2ccc(N(C)C)cc2)C(C)=C1C.[Cl-].[Cl-].[Cl-]. The van der Waals surface area contributed by atoms with Crippen LogP contribution in [0.1, 0.15) is 27.7 Å². The monoisotopic (exact) mass is 661 g/mol. The van der Waals surface area contributed by atoms with Crippen LogP contribution >= 0.6 is 0 Å². The number of nitrogens with zero attached hydrogens (tertiary/aromatic N) is 3. The van der Waals surface area contributed by atoms with Crippen LogP contribution in [-0.4, -0.2) is 50.4 Å². The quantitative estimate of drug-likeness (QED) is 0.191. The van der Waals surface area contributed by atoms with Gasteiger partial charge in [0.15, 0.2) is 0 Å². The van der Waals surface area contributed by atoms with Crippen molar-refractivity contribution in [3.8, 4) is 0 Å². The molecule has 0 atom stereocenters. The molecule has 3 aromatic carbocycles. The van der Waals surface area contributed by atoms with Crippen molar-refractivity contribution < 1.29 is 57.7 Å². The molecule has 0 heterocycles. The molecule has 0 bridgehead atoms. The van der Waals surface area contributed by atoms with Crippen LogP contribution in [0, 0.1) is 0 Å². The van der Waals surface area contributed by atoms with Crippen molar-refractivity contribution in [1.82, 2.24) is 0 Å². The minimum absolute atomic E-state index is 0. The van der Waals surface area contributed by atoms with Gasteiger partial charge in [-0.1, -0.05) is 0 Å². The number of halogens is 3. The fourth-order valence-electron chi connectivity index (χ4n) is 6.15. The summed E-state index contributed by atoms with van der Waals surface area (Å²) in [6, 6.07) is 28.3. The number of benzene rings is 3. The normalized spacial score (nSPS) is 14.1. The third kappa shape index (κ3) is 6.07. The smallest absolute Gasteiger partial charge is 1.00 e. The summed E-state index contributed by atoms with van der Waals surface area (Å²) in [6.45, 7) is 9.40. The van der Waals surface area contributed by atoms with Crippen LogP contribution in [0.25, 0.3) is 0 Å². The van der Waals surface area contributed by atoms with Gasteiger partial charge >= 0.3 is 244 Å². The summed E-state index contributed by atoms with van der Waals surface area (Å²) in [4.78, 5) is 6.56. The standard InChI is InChI=1S/C33H42N3Si.3ClH.Ti/c1-23-24(2)26(4)33(25(23)3)37(30-17-11-27(12-18-30)34(5)6,31-19-13-28(14-20-31)35(7)8)32-21-15-29(16-22-32)36(9)10;;;;/h11-22H,1-10H3;3*1H;/q;;;;+3/p-3. The number of hydrogen-bond donors (Lipinski definition) is 0. The van der Waals surface area contributed by atoms with Crippen molar-refractivity contribution in [3.05, 3.63) is 95.1 Å². The van der Waals surface area contributed by atoms with E-state index in [9.17, 15) is 0 Å². The molecule has 3 aromatic rings. The first-order valence-electron chi connectivity index (χ1n) is 13.3. The van der Waals surface area contributed by atoms with Crippen LogP contribution in [0.2, 0.25) is 3.34 Å². The number of anilines is 3. The van der Waals surface area contributed by atoms with Gasteiger partial charge in [0.2, 0.25) is 0 Å². The van der Waals surface area contributed by atoms with Crippen molar-refractivity contribution in [2.24, 2.45) is 0 Å². The van der Waals surface area contributed by atoms with Crippen LogP contribution in [-0.2, 0) is 20.4 Å². The maximum absolute atomic E-state index is 2.67. The van der Waals surface area contributed by atoms with Crippen LogP contribution in [0.3, 0.4) is 0 Å². The van der Waals surface area contributed by atoms with Crippen LogP contribution < -0.4 is 67.5 Å². The van der Waals surface area contributed by atoms with Crippen LogP contribution in [0.4, 0.5) is 17.1 Å². The Balaban J connectivity index is 0.00000280. The van der Waals surface area contributed by atoms with Crippen molar-refractivity contribution in [2.45, 2.75) is 31.0 Å². The van der Waals surface area contributed by atoms with Crippen molar-refractivity contribution in [1.29, 1.82) is 0 Å². The molecule has 0 N–H and O–H groups in total. The molecule has 218 valence electrons. The van der Waals surface area contributed by atoms with Crippen molar-refractivity contribution in [3.63, 3.8) is 0 Å². The van der Waals surface area contributed by atoms with E-state index in [1.165, 1.54) is 54.9 Å². The third-order valence-electron chi connectivity index (χ3n) is 8.83. The molecule has 0 saturated carbocycles. The second-order valence-corrected chi connectivity index (χ2v) is 17.3. The molecule has 0 unspecified atom stereocenters. The van der Waals surface area contributed by atoms with Crippen LogP contribution in [0.5, 0.6) is 0 Å². The molecule has 8 heteroatoms. The van der Waals surface area contributed by atoms with Crippen molar-refractivity contribution in [2.75, 3.05) is 57.0 Å². The van der Waals surface area contributed by atoms with Gasteiger partial charge in [-0.05, 0) is 0 Å². The zero-order chi connectivity index (χ0) is 28.0. The first-order valence-corrected chi connectivity index (χ1v) is 16.1. The molecule has 1 aliphatic carbocycles. The van der Waals surface area contributed by atoms with Crippen LogP contribution in [0.15, 0.2) is 95.1 Å². The Morgan fingerprint density at radius 1 is 0.463 bits per heavy atom. The van der Waals surface area contributed by atoms with Gasteiger partial charge in [-0.25, -0.2) is 0 Å². The molecule has 0 aromatic heterocycles. The number of hydrogen-bond acceptors (Lipinski definition) is 3. The molecule has 0 amide bonds. The van der Waals surface area contributed by atoms with Gasteiger partial charge in [-0.2, -0.15) is 0 Å². The summed E-state index contributed by atoms with van der Waals surface area (Å²) in [5, 5.41) is 4.34. The van der Waals surface area contributed by atoms with E-state index in [-0.39, 0.29) is 40.6 Å². The fourth-order valence-corrected chi connectivity index (χ4v) is 14.6. The molecule has 0 radical (unpaired) electrons. The molecule has 0 aliphatic heterocycles. The third-order valence-corrected chi connectivity index (χ3v) is 17.2. The molecular formula is C33H42Cl3N3SiTi. The Morgan fingerprint density at radius 3 is 0.878 bits per heavy atom. The van der Waals surface area contributed by atoms with Gasteiger partial charge in [-0.3, -0.25) is 0 Å². The maximum Gasteiger partial charge on any atom is -1.00 e.